The average Bonchev–Trinajstić information content (AvgIpc) is 2.28. The number of nitrogens with zero attached hydrogens (tertiary/aromatic N) is 1. The van der Waals surface area contributed by atoms with Gasteiger partial charge in [0, 0.05) is 25.9 Å². The summed E-state index contributed by atoms with van der Waals surface area (Å²) in [6, 6.07) is 0. The van der Waals surface area contributed by atoms with Crippen molar-refractivity contribution in [2.24, 2.45) is 10.9 Å². The summed E-state index contributed by atoms with van der Waals surface area (Å²) in [5.41, 5.74) is 0. The second-order valence-corrected chi connectivity index (χ2v) is 7.04. The number of hydrogen-bond acceptors (Lipinski definition) is 4. The maximum Gasteiger partial charge on any atom is 0.191 e. The summed E-state index contributed by atoms with van der Waals surface area (Å²) in [6.45, 7) is 9.11. The Labute approximate surface area is 116 Å². The molecule has 0 aliphatic rings. The van der Waals surface area contributed by atoms with Gasteiger partial charge in [0.15, 0.2) is 5.96 Å². The molecule has 114 valence electrons. The zero-order valence-corrected chi connectivity index (χ0v) is 13.2. The van der Waals surface area contributed by atoms with Crippen LogP contribution in [0.25, 0.3) is 0 Å². The highest BCUT2D eigenvalue weighted by Crippen LogP contribution is 1.91. The monoisotopic (exact) mass is 293 g/mol. The molecule has 0 heterocycles. The molecule has 6 nitrogen and oxygen atoms in total. The van der Waals surface area contributed by atoms with Crippen LogP contribution in [-0.4, -0.2) is 59.2 Å². The lowest BCUT2D eigenvalue weighted by Crippen LogP contribution is -2.39. The van der Waals surface area contributed by atoms with Gasteiger partial charge in [0.05, 0.1) is 19.0 Å². The van der Waals surface area contributed by atoms with Gasteiger partial charge in [-0.15, -0.1) is 0 Å². The van der Waals surface area contributed by atoms with Crippen LogP contribution in [0.1, 0.15) is 20.8 Å². The van der Waals surface area contributed by atoms with Crippen molar-refractivity contribution in [1.82, 2.24) is 10.6 Å². The summed E-state index contributed by atoms with van der Waals surface area (Å²) in [6.07, 6.45) is 1.20. The molecule has 0 aromatic heterocycles. The van der Waals surface area contributed by atoms with E-state index < -0.39 is 9.84 Å². The molecule has 0 unspecified atom stereocenters. The summed E-state index contributed by atoms with van der Waals surface area (Å²) >= 11 is 0. The van der Waals surface area contributed by atoms with Crippen molar-refractivity contribution in [3.05, 3.63) is 0 Å². The molecule has 0 amide bonds. The summed E-state index contributed by atoms with van der Waals surface area (Å²) in [7, 11) is -2.94. The summed E-state index contributed by atoms with van der Waals surface area (Å²) in [5, 5.41) is 6.28. The van der Waals surface area contributed by atoms with E-state index in [0.717, 1.165) is 19.0 Å². The smallest absolute Gasteiger partial charge is 0.191 e. The molecule has 7 heteroatoms. The van der Waals surface area contributed by atoms with Gasteiger partial charge in [-0.2, -0.15) is 0 Å². The lowest BCUT2D eigenvalue weighted by Gasteiger charge is -2.12. The van der Waals surface area contributed by atoms with Crippen molar-refractivity contribution in [2.45, 2.75) is 20.8 Å². The fraction of sp³-hybridized carbons (Fsp3) is 0.917. The predicted molar refractivity (Wildman–Crippen MR) is 79.3 cm³/mol. The number of guanidine groups is 1. The van der Waals surface area contributed by atoms with E-state index in [1.165, 1.54) is 6.26 Å². The summed E-state index contributed by atoms with van der Waals surface area (Å²) in [4.78, 5) is 4.41. The molecular weight excluding hydrogens is 266 g/mol. The SMILES string of the molecule is CCNC(=NCC(C)C)NCCOCCS(C)(=O)=O. The zero-order chi connectivity index (χ0) is 14.7. The lowest BCUT2D eigenvalue weighted by atomic mass is 10.2. The predicted octanol–water partition coefficient (Wildman–Crippen LogP) is 0.259. The molecule has 0 saturated heterocycles. The lowest BCUT2D eigenvalue weighted by molar-refractivity contribution is 0.154. The second-order valence-electron chi connectivity index (χ2n) is 4.78. The Morgan fingerprint density at radius 2 is 1.95 bits per heavy atom. The molecule has 0 aromatic carbocycles. The van der Waals surface area contributed by atoms with E-state index >= 15 is 0 Å². The van der Waals surface area contributed by atoms with Crippen molar-refractivity contribution in [2.75, 3.05) is 44.9 Å². The topological polar surface area (TPSA) is 79.8 Å². The van der Waals surface area contributed by atoms with Crippen LogP contribution in [0.15, 0.2) is 4.99 Å². The minimum absolute atomic E-state index is 0.0640. The third-order valence-electron chi connectivity index (χ3n) is 2.10. The van der Waals surface area contributed by atoms with Crippen molar-refractivity contribution >= 4 is 15.8 Å². The number of sulfone groups is 1. The van der Waals surface area contributed by atoms with Crippen LogP contribution in [0.5, 0.6) is 0 Å². The molecule has 0 aliphatic heterocycles. The number of aliphatic imine (C=N–C) groups is 1. The van der Waals surface area contributed by atoms with Gasteiger partial charge in [0.2, 0.25) is 0 Å². The van der Waals surface area contributed by atoms with Crippen molar-refractivity contribution in [3.8, 4) is 0 Å². The van der Waals surface area contributed by atoms with Crippen LogP contribution in [0, 0.1) is 5.92 Å². The minimum Gasteiger partial charge on any atom is -0.379 e. The number of hydrogen-bond donors (Lipinski definition) is 2. The van der Waals surface area contributed by atoms with Crippen LogP contribution in [0.4, 0.5) is 0 Å². The van der Waals surface area contributed by atoms with Gasteiger partial charge in [-0.3, -0.25) is 4.99 Å². The standard InChI is InChI=1S/C12H27N3O3S/c1-5-13-12(15-10-11(2)3)14-6-7-18-8-9-19(4,16)17/h11H,5-10H2,1-4H3,(H2,13,14,15). The molecule has 0 rings (SSSR count). The first-order valence-corrected chi connectivity index (χ1v) is 8.69. The van der Waals surface area contributed by atoms with Gasteiger partial charge in [-0.25, -0.2) is 8.42 Å². The first kappa shape index (κ1) is 18.2. The summed E-state index contributed by atoms with van der Waals surface area (Å²) in [5.74, 6) is 1.35. The molecule has 19 heavy (non-hydrogen) atoms. The van der Waals surface area contributed by atoms with E-state index in [4.69, 9.17) is 4.74 Å². The fourth-order valence-corrected chi connectivity index (χ4v) is 1.59. The quantitative estimate of drug-likeness (QED) is 0.362. The van der Waals surface area contributed by atoms with E-state index in [2.05, 4.69) is 29.5 Å². The van der Waals surface area contributed by atoms with Crippen LogP contribution in [0.2, 0.25) is 0 Å². The van der Waals surface area contributed by atoms with E-state index in [1.807, 2.05) is 6.92 Å². The molecule has 0 aromatic rings. The van der Waals surface area contributed by atoms with Gasteiger partial charge in [-0.05, 0) is 12.8 Å². The van der Waals surface area contributed by atoms with E-state index in [0.29, 0.717) is 19.1 Å². The second kappa shape index (κ2) is 10.0. The molecule has 2 N–H and O–H groups in total. The number of ether oxygens (including phenoxy) is 1. The van der Waals surface area contributed by atoms with Crippen molar-refractivity contribution in [3.63, 3.8) is 0 Å². The molecule has 0 fully saturated rings. The van der Waals surface area contributed by atoms with Gasteiger partial charge >= 0.3 is 0 Å². The van der Waals surface area contributed by atoms with Gasteiger partial charge in [0.1, 0.15) is 9.84 Å². The largest absolute Gasteiger partial charge is 0.379 e. The maximum atomic E-state index is 10.9. The Morgan fingerprint density at radius 3 is 2.47 bits per heavy atom. The highest BCUT2D eigenvalue weighted by atomic mass is 32.2. The Kier molecular flexibility index (Phi) is 9.59. The van der Waals surface area contributed by atoms with Crippen LogP contribution < -0.4 is 10.6 Å². The highest BCUT2D eigenvalue weighted by molar-refractivity contribution is 7.90. The van der Waals surface area contributed by atoms with E-state index in [9.17, 15) is 8.42 Å². The average molecular weight is 293 g/mol. The first-order valence-electron chi connectivity index (χ1n) is 6.62. The summed E-state index contributed by atoms with van der Waals surface area (Å²) < 4.78 is 27.0. The maximum absolute atomic E-state index is 10.9. The molecule has 0 spiro atoms. The third-order valence-corrected chi connectivity index (χ3v) is 3.00. The van der Waals surface area contributed by atoms with Crippen LogP contribution in [-0.2, 0) is 14.6 Å². The molecule has 0 radical (unpaired) electrons. The molecule has 0 aliphatic carbocycles. The zero-order valence-electron chi connectivity index (χ0n) is 12.4. The van der Waals surface area contributed by atoms with Gasteiger partial charge in [-0.1, -0.05) is 13.8 Å². The Bertz CT molecular complexity index is 353. The van der Waals surface area contributed by atoms with Crippen LogP contribution >= 0.6 is 0 Å². The Hall–Kier alpha value is -0.820. The first-order chi connectivity index (χ1) is 8.85. The van der Waals surface area contributed by atoms with Gasteiger partial charge < -0.3 is 15.4 Å². The van der Waals surface area contributed by atoms with E-state index in [-0.39, 0.29) is 12.4 Å². The van der Waals surface area contributed by atoms with Crippen molar-refractivity contribution < 1.29 is 13.2 Å². The van der Waals surface area contributed by atoms with E-state index in [1.54, 1.807) is 0 Å². The van der Waals surface area contributed by atoms with Crippen molar-refractivity contribution in [1.29, 1.82) is 0 Å². The van der Waals surface area contributed by atoms with Crippen LogP contribution in [0.3, 0.4) is 0 Å². The molecule has 0 atom stereocenters. The Morgan fingerprint density at radius 1 is 1.26 bits per heavy atom. The molecule has 0 bridgehead atoms. The highest BCUT2D eigenvalue weighted by Gasteiger charge is 2.01. The minimum atomic E-state index is -2.94. The van der Waals surface area contributed by atoms with Gasteiger partial charge in [0.25, 0.3) is 0 Å². The third kappa shape index (κ3) is 13.4. The number of nitrogens with one attached hydrogen (secondary N) is 2. The molecular formula is C12H27N3O3S. The fourth-order valence-electron chi connectivity index (χ4n) is 1.17. The Balaban J connectivity index is 3.78. The number of rotatable bonds is 9. The molecule has 0 saturated carbocycles. The normalized spacial score (nSPS) is 12.8.